The van der Waals surface area contributed by atoms with Crippen molar-refractivity contribution in [3.05, 3.63) is 11.6 Å². The lowest BCUT2D eigenvalue weighted by Crippen LogP contribution is -1.94. The molecule has 0 saturated carbocycles. The van der Waals surface area contributed by atoms with E-state index >= 15 is 0 Å². The van der Waals surface area contributed by atoms with Gasteiger partial charge in [-0.15, -0.1) is 0 Å². The third-order valence-corrected chi connectivity index (χ3v) is 3.08. The van der Waals surface area contributed by atoms with Crippen LogP contribution < -0.4 is 0 Å². The largest absolute Gasteiger partial charge is 0.481 e. The van der Waals surface area contributed by atoms with E-state index in [9.17, 15) is 9.59 Å². The Kier molecular flexibility index (Phi) is 16.5. The Morgan fingerprint density at radius 3 is 1.40 bits per heavy atom. The van der Waals surface area contributed by atoms with Gasteiger partial charge in [-0.1, -0.05) is 44.3 Å². The molecule has 0 aromatic heterocycles. The first-order valence-corrected chi connectivity index (χ1v) is 7.49. The Bertz CT molecular complexity index is 262. The van der Waals surface area contributed by atoms with E-state index in [1.807, 2.05) is 0 Å². The van der Waals surface area contributed by atoms with Crippen LogP contribution in [0.25, 0.3) is 0 Å². The van der Waals surface area contributed by atoms with Gasteiger partial charge >= 0.3 is 11.9 Å². The zero-order valence-corrected chi connectivity index (χ0v) is 13.2. The summed E-state index contributed by atoms with van der Waals surface area (Å²) in [7, 11) is 0. The van der Waals surface area contributed by atoms with Crippen molar-refractivity contribution in [2.24, 2.45) is 0 Å². The predicted molar refractivity (Wildman–Crippen MR) is 81.9 cm³/mol. The van der Waals surface area contributed by atoms with E-state index in [0.717, 1.165) is 38.5 Å². The lowest BCUT2D eigenvalue weighted by molar-refractivity contribution is -0.138. The molecule has 0 saturated heterocycles. The van der Waals surface area contributed by atoms with Gasteiger partial charge in [0, 0.05) is 12.8 Å². The summed E-state index contributed by atoms with van der Waals surface area (Å²) in [5, 5.41) is 16.7. The lowest BCUT2D eigenvalue weighted by atomic mass is 10.1. The lowest BCUT2D eigenvalue weighted by Gasteiger charge is -1.98. The smallest absolute Gasteiger partial charge is 0.303 e. The van der Waals surface area contributed by atoms with E-state index in [4.69, 9.17) is 10.2 Å². The highest BCUT2D eigenvalue weighted by molar-refractivity contribution is 5.66. The Balaban J connectivity index is 0. The van der Waals surface area contributed by atoms with Gasteiger partial charge in [0.1, 0.15) is 0 Å². The predicted octanol–water partition coefficient (Wildman–Crippen LogP) is 4.64. The fourth-order valence-electron chi connectivity index (χ4n) is 1.46. The molecule has 0 unspecified atom stereocenters. The summed E-state index contributed by atoms with van der Waals surface area (Å²) in [5.74, 6) is -1.48. The number of aliphatic carboxylic acids is 2. The van der Waals surface area contributed by atoms with E-state index in [0.29, 0.717) is 0 Å². The molecule has 0 aliphatic carbocycles. The average molecular weight is 286 g/mol. The molecule has 0 amide bonds. The molecular weight excluding hydrogens is 256 g/mol. The average Bonchev–Trinajstić information content (AvgIpc) is 2.40. The highest BCUT2D eigenvalue weighted by Gasteiger charge is 1.98. The number of rotatable bonds is 10. The van der Waals surface area contributed by atoms with Crippen molar-refractivity contribution in [1.82, 2.24) is 0 Å². The molecular formula is C16H30O4. The maximum atomic E-state index is 10.1. The second-order valence-electron chi connectivity index (χ2n) is 4.90. The van der Waals surface area contributed by atoms with Crippen molar-refractivity contribution in [2.75, 3.05) is 0 Å². The maximum Gasteiger partial charge on any atom is 0.303 e. The fraction of sp³-hybridized carbons (Fsp3) is 0.750. The third kappa shape index (κ3) is 21.9. The molecule has 0 aromatic carbocycles. The standard InChI is InChI=1S/C10H18O4.C6H12/c11-9(12)7-5-3-1-2-4-6-8-10(13)14;1-4-6(3)5-2/h1-8H2,(H,11,12)(H,13,14);4H,5H2,1-3H3. The van der Waals surface area contributed by atoms with Crippen LogP contribution in [-0.2, 0) is 9.59 Å². The summed E-state index contributed by atoms with van der Waals surface area (Å²) in [4.78, 5) is 20.3. The van der Waals surface area contributed by atoms with Crippen LogP contribution in [0.5, 0.6) is 0 Å². The third-order valence-electron chi connectivity index (χ3n) is 3.08. The summed E-state index contributed by atoms with van der Waals surface area (Å²) in [6.45, 7) is 6.37. The van der Waals surface area contributed by atoms with Gasteiger partial charge < -0.3 is 10.2 Å². The van der Waals surface area contributed by atoms with Gasteiger partial charge in [-0.05, 0) is 33.1 Å². The number of carboxylic acids is 2. The van der Waals surface area contributed by atoms with Crippen molar-refractivity contribution in [2.45, 2.75) is 78.6 Å². The molecule has 0 bridgehead atoms. The van der Waals surface area contributed by atoms with Crippen LogP contribution in [0, 0.1) is 0 Å². The summed E-state index contributed by atoms with van der Waals surface area (Å²) in [6, 6.07) is 0. The second kappa shape index (κ2) is 15.7. The van der Waals surface area contributed by atoms with E-state index in [1.165, 1.54) is 12.0 Å². The topological polar surface area (TPSA) is 74.6 Å². The molecule has 0 radical (unpaired) electrons. The van der Waals surface area contributed by atoms with E-state index < -0.39 is 11.9 Å². The van der Waals surface area contributed by atoms with Gasteiger partial charge in [0.2, 0.25) is 0 Å². The first-order chi connectivity index (χ1) is 9.43. The SMILES string of the molecule is CC=C(C)CC.O=C(O)CCCCCCCCC(=O)O. The van der Waals surface area contributed by atoms with Crippen molar-refractivity contribution in [1.29, 1.82) is 0 Å². The molecule has 0 spiro atoms. The van der Waals surface area contributed by atoms with Crippen LogP contribution in [0.3, 0.4) is 0 Å². The summed E-state index contributed by atoms with van der Waals surface area (Å²) in [5.41, 5.74) is 1.47. The minimum absolute atomic E-state index is 0.245. The molecule has 20 heavy (non-hydrogen) atoms. The normalized spacial score (nSPS) is 10.7. The minimum Gasteiger partial charge on any atom is -0.481 e. The van der Waals surface area contributed by atoms with Gasteiger partial charge in [-0.25, -0.2) is 0 Å². The number of hydrogen-bond donors (Lipinski definition) is 2. The highest BCUT2D eigenvalue weighted by Crippen LogP contribution is 2.08. The number of carbonyl (C=O) groups is 2. The van der Waals surface area contributed by atoms with Gasteiger partial charge in [-0.2, -0.15) is 0 Å². The molecule has 0 aliphatic heterocycles. The Morgan fingerprint density at radius 2 is 1.20 bits per heavy atom. The Morgan fingerprint density at radius 1 is 0.850 bits per heavy atom. The summed E-state index contributed by atoms with van der Waals surface area (Å²) < 4.78 is 0. The van der Waals surface area contributed by atoms with E-state index in [1.54, 1.807) is 0 Å². The van der Waals surface area contributed by atoms with Crippen molar-refractivity contribution in [3.63, 3.8) is 0 Å². The van der Waals surface area contributed by atoms with Gasteiger partial charge in [-0.3, -0.25) is 9.59 Å². The first-order valence-electron chi connectivity index (χ1n) is 7.49. The molecule has 2 N–H and O–H groups in total. The van der Waals surface area contributed by atoms with E-state index in [2.05, 4.69) is 26.8 Å². The molecule has 0 heterocycles. The monoisotopic (exact) mass is 286 g/mol. The number of allylic oxidation sites excluding steroid dienone is 2. The Labute approximate surface area is 122 Å². The van der Waals surface area contributed by atoms with Crippen molar-refractivity contribution < 1.29 is 19.8 Å². The van der Waals surface area contributed by atoms with Crippen LogP contribution in [-0.4, -0.2) is 22.2 Å². The molecule has 4 heteroatoms. The van der Waals surface area contributed by atoms with Gasteiger partial charge in [0.25, 0.3) is 0 Å². The van der Waals surface area contributed by atoms with Gasteiger partial charge in [0.15, 0.2) is 0 Å². The van der Waals surface area contributed by atoms with Gasteiger partial charge in [0.05, 0.1) is 0 Å². The maximum absolute atomic E-state index is 10.1. The van der Waals surface area contributed by atoms with Crippen LogP contribution in [0.2, 0.25) is 0 Å². The quantitative estimate of drug-likeness (QED) is 0.453. The molecule has 0 rings (SSSR count). The molecule has 4 nitrogen and oxygen atoms in total. The zero-order valence-electron chi connectivity index (χ0n) is 13.2. The minimum atomic E-state index is -0.740. The van der Waals surface area contributed by atoms with Crippen molar-refractivity contribution >= 4 is 11.9 Å². The number of unbranched alkanes of at least 4 members (excludes halogenated alkanes) is 5. The summed E-state index contributed by atoms with van der Waals surface area (Å²) >= 11 is 0. The number of hydrogen-bond acceptors (Lipinski definition) is 2. The Hall–Kier alpha value is -1.32. The second-order valence-corrected chi connectivity index (χ2v) is 4.90. The summed E-state index contributed by atoms with van der Waals surface area (Å²) in [6.07, 6.45) is 9.15. The molecule has 0 atom stereocenters. The van der Waals surface area contributed by atoms with Crippen molar-refractivity contribution in [3.8, 4) is 0 Å². The first kappa shape index (κ1) is 21.0. The molecule has 0 aliphatic rings. The van der Waals surface area contributed by atoms with Crippen LogP contribution >= 0.6 is 0 Å². The molecule has 0 fully saturated rings. The number of carboxylic acid groups (broad SMARTS) is 2. The zero-order chi connectivity index (χ0) is 15.8. The highest BCUT2D eigenvalue weighted by atomic mass is 16.4. The van der Waals surface area contributed by atoms with Crippen LogP contribution in [0.1, 0.15) is 78.6 Å². The molecule has 0 aromatic rings. The van der Waals surface area contributed by atoms with E-state index in [-0.39, 0.29) is 12.8 Å². The van der Waals surface area contributed by atoms with Crippen LogP contribution in [0.15, 0.2) is 11.6 Å². The fourth-order valence-corrected chi connectivity index (χ4v) is 1.46. The van der Waals surface area contributed by atoms with Crippen LogP contribution in [0.4, 0.5) is 0 Å². The molecule has 118 valence electrons.